The average molecular weight is 316 g/mol. The Balaban J connectivity index is 2.09. The van der Waals surface area contributed by atoms with Crippen LogP contribution in [0.2, 0.25) is 15.1 Å². The van der Waals surface area contributed by atoms with Gasteiger partial charge in [0.15, 0.2) is 0 Å². The summed E-state index contributed by atoms with van der Waals surface area (Å²) in [4.78, 5) is 11.8. The highest BCUT2D eigenvalue weighted by Crippen LogP contribution is 2.32. The molecule has 0 aliphatic rings. The van der Waals surface area contributed by atoms with Crippen LogP contribution in [0.5, 0.6) is 0 Å². The average Bonchev–Trinajstić information content (AvgIpc) is 2.37. The first-order valence-corrected chi connectivity index (χ1v) is 6.47. The summed E-state index contributed by atoms with van der Waals surface area (Å²) in [5.74, 6) is 0. The largest absolute Gasteiger partial charge is 0.323 e. The third-order valence-electron chi connectivity index (χ3n) is 2.29. The van der Waals surface area contributed by atoms with E-state index >= 15 is 0 Å². The third-order valence-corrected chi connectivity index (χ3v) is 3.32. The molecule has 2 N–H and O–H groups in total. The third kappa shape index (κ3) is 3.77. The molecule has 98 valence electrons. The molecular weight excluding hydrogens is 307 g/mol. The van der Waals surface area contributed by atoms with Gasteiger partial charge in [0.05, 0.1) is 20.8 Å². The van der Waals surface area contributed by atoms with Crippen molar-refractivity contribution in [2.75, 3.05) is 10.6 Å². The molecule has 0 bridgehead atoms. The summed E-state index contributed by atoms with van der Waals surface area (Å²) in [5, 5.41) is 6.24. The second-order valence-corrected chi connectivity index (χ2v) is 4.91. The van der Waals surface area contributed by atoms with Crippen LogP contribution in [0.1, 0.15) is 0 Å². The molecule has 0 aliphatic carbocycles. The number of amides is 2. The number of hydrogen-bond donors (Lipinski definition) is 2. The van der Waals surface area contributed by atoms with Gasteiger partial charge in [-0.1, -0.05) is 53.0 Å². The molecule has 0 radical (unpaired) electrons. The summed E-state index contributed by atoms with van der Waals surface area (Å²) < 4.78 is 0. The fraction of sp³-hybridized carbons (Fsp3) is 0. The van der Waals surface area contributed by atoms with Crippen molar-refractivity contribution in [1.82, 2.24) is 0 Å². The Morgan fingerprint density at radius 1 is 0.842 bits per heavy atom. The van der Waals surface area contributed by atoms with Crippen molar-refractivity contribution in [3.05, 3.63) is 57.5 Å². The van der Waals surface area contributed by atoms with Crippen molar-refractivity contribution in [2.24, 2.45) is 0 Å². The molecule has 3 nitrogen and oxygen atoms in total. The lowest BCUT2D eigenvalue weighted by Crippen LogP contribution is -2.19. The SMILES string of the molecule is O=C(Nc1ccccc1)Nc1cc(Cl)c(Cl)cc1Cl. The summed E-state index contributed by atoms with van der Waals surface area (Å²) in [6.07, 6.45) is 0. The number of benzene rings is 2. The van der Waals surface area contributed by atoms with Gasteiger partial charge in [0.25, 0.3) is 0 Å². The van der Waals surface area contributed by atoms with Crippen LogP contribution < -0.4 is 10.6 Å². The molecule has 6 heteroatoms. The van der Waals surface area contributed by atoms with Crippen LogP contribution in [0.4, 0.5) is 16.2 Å². The number of urea groups is 1. The molecule has 0 unspecified atom stereocenters. The molecule has 2 rings (SSSR count). The summed E-state index contributed by atoms with van der Waals surface area (Å²) in [6.45, 7) is 0. The van der Waals surface area contributed by atoms with Crippen LogP contribution in [0, 0.1) is 0 Å². The van der Waals surface area contributed by atoms with E-state index in [4.69, 9.17) is 34.8 Å². The molecule has 2 aromatic rings. The van der Waals surface area contributed by atoms with E-state index in [0.717, 1.165) is 0 Å². The predicted octanol–water partition coefficient (Wildman–Crippen LogP) is 5.29. The van der Waals surface area contributed by atoms with Crippen LogP contribution in [0.25, 0.3) is 0 Å². The molecule has 0 saturated carbocycles. The van der Waals surface area contributed by atoms with Crippen molar-refractivity contribution in [3.63, 3.8) is 0 Å². The maximum atomic E-state index is 11.8. The summed E-state index contributed by atoms with van der Waals surface area (Å²) in [7, 11) is 0. The molecule has 2 amide bonds. The summed E-state index contributed by atoms with van der Waals surface area (Å²) in [5.41, 5.74) is 1.07. The minimum absolute atomic E-state index is 0.317. The van der Waals surface area contributed by atoms with Crippen molar-refractivity contribution in [3.8, 4) is 0 Å². The topological polar surface area (TPSA) is 41.1 Å². The lowest BCUT2D eigenvalue weighted by molar-refractivity contribution is 0.262. The number of hydrogen-bond acceptors (Lipinski definition) is 1. The van der Waals surface area contributed by atoms with Gasteiger partial charge in [-0.05, 0) is 24.3 Å². The van der Waals surface area contributed by atoms with Crippen molar-refractivity contribution >= 4 is 52.2 Å². The van der Waals surface area contributed by atoms with Crippen LogP contribution in [-0.2, 0) is 0 Å². The van der Waals surface area contributed by atoms with E-state index < -0.39 is 6.03 Å². The monoisotopic (exact) mass is 314 g/mol. The lowest BCUT2D eigenvalue weighted by atomic mass is 10.3. The highest BCUT2D eigenvalue weighted by atomic mass is 35.5. The lowest BCUT2D eigenvalue weighted by Gasteiger charge is -2.10. The molecule has 0 fully saturated rings. The number of carbonyl (C=O) groups excluding carboxylic acids is 1. The fourth-order valence-corrected chi connectivity index (χ4v) is 2.02. The number of carbonyl (C=O) groups is 1. The van der Waals surface area contributed by atoms with E-state index in [2.05, 4.69) is 10.6 Å². The molecular formula is C13H9Cl3N2O. The zero-order valence-corrected chi connectivity index (χ0v) is 11.9. The Morgan fingerprint density at radius 2 is 1.47 bits per heavy atom. The van der Waals surface area contributed by atoms with Gasteiger partial charge in [-0.15, -0.1) is 0 Å². The van der Waals surface area contributed by atoms with Crippen LogP contribution >= 0.6 is 34.8 Å². The number of anilines is 2. The van der Waals surface area contributed by atoms with Crippen molar-refractivity contribution < 1.29 is 4.79 Å². The first-order chi connectivity index (χ1) is 9.06. The molecule has 2 aromatic carbocycles. The fourth-order valence-electron chi connectivity index (χ4n) is 1.42. The van der Waals surface area contributed by atoms with Crippen molar-refractivity contribution in [2.45, 2.75) is 0 Å². The van der Waals surface area contributed by atoms with Gasteiger partial charge >= 0.3 is 6.03 Å². The van der Waals surface area contributed by atoms with Crippen molar-refractivity contribution in [1.29, 1.82) is 0 Å². The predicted molar refractivity (Wildman–Crippen MR) is 80.6 cm³/mol. The van der Waals surface area contributed by atoms with E-state index in [1.165, 1.54) is 12.1 Å². The van der Waals surface area contributed by atoms with Gasteiger partial charge in [-0.25, -0.2) is 4.79 Å². The van der Waals surface area contributed by atoms with Crippen LogP contribution in [0.15, 0.2) is 42.5 Å². The molecule has 0 atom stereocenters. The quantitative estimate of drug-likeness (QED) is 0.726. The zero-order valence-electron chi connectivity index (χ0n) is 9.58. The highest BCUT2D eigenvalue weighted by Gasteiger charge is 2.09. The molecule has 0 heterocycles. The van der Waals surface area contributed by atoms with Gasteiger partial charge in [0.2, 0.25) is 0 Å². The van der Waals surface area contributed by atoms with Crippen LogP contribution in [-0.4, -0.2) is 6.03 Å². The second-order valence-electron chi connectivity index (χ2n) is 3.69. The second kappa shape index (κ2) is 6.15. The van der Waals surface area contributed by atoms with Crippen LogP contribution in [0.3, 0.4) is 0 Å². The van der Waals surface area contributed by atoms with Gasteiger partial charge in [0.1, 0.15) is 0 Å². The van der Waals surface area contributed by atoms with E-state index in [1.54, 1.807) is 12.1 Å². The number of rotatable bonds is 2. The van der Waals surface area contributed by atoms with E-state index in [0.29, 0.717) is 26.4 Å². The molecule has 0 saturated heterocycles. The highest BCUT2D eigenvalue weighted by molar-refractivity contribution is 6.44. The smallest absolute Gasteiger partial charge is 0.308 e. The standard InChI is InChI=1S/C13H9Cl3N2O/c14-9-6-11(16)12(7-10(9)15)18-13(19)17-8-4-2-1-3-5-8/h1-7H,(H2,17,18,19). The minimum Gasteiger partial charge on any atom is -0.308 e. The number of nitrogens with one attached hydrogen (secondary N) is 2. The number of para-hydroxylation sites is 1. The maximum Gasteiger partial charge on any atom is 0.323 e. The molecule has 0 aliphatic heterocycles. The Labute approximate surface area is 125 Å². The molecule has 0 aromatic heterocycles. The normalized spacial score (nSPS) is 10.1. The van der Waals surface area contributed by atoms with E-state index in [-0.39, 0.29) is 0 Å². The summed E-state index contributed by atoms with van der Waals surface area (Å²) in [6, 6.07) is 11.6. The minimum atomic E-state index is -0.411. The molecule has 19 heavy (non-hydrogen) atoms. The first-order valence-electron chi connectivity index (χ1n) is 5.34. The first kappa shape index (κ1) is 14.0. The summed E-state index contributed by atoms with van der Waals surface area (Å²) >= 11 is 17.6. The number of halogens is 3. The van der Waals surface area contributed by atoms with Gasteiger partial charge in [0, 0.05) is 5.69 Å². The maximum absolute atomic E-state index is 11.8. The Bertz CT molecular complexity index is 602. The Hall–Kier alpha value is -1.42. The van der Waals surface area contributed by atoms with E-state index in [9.17, 15) is 4.79 Å². The van der Waals surface area contributed by atoms with Gasteiger partial charge < -0.3 is 10.6 Å². The zero-order chi connectivity index (χ0) is 13.8. The van der Waals surface area contributed by atoms with Gasteiger partial charge in [-0.2, -0.15) is 0 Å². The Morgan fingerprint density at radius 3 is 2.16 bits per heavy atom. The molecule has 0 spiro atoms. The Kier molecular flexibility index (Phi) is 4.53. The van der Waals surface area contributed by atoms with Gasteiger partial charge in [-0.3, -0.25) is 0 Å². The van der Waals surface area contributed by atoms with E-state index in [1.807, 2.05) is 18.2 Å².